The molecule has 0 aliphatic carbocycles. The molecular formula is C10H16N2O4. The molecule has 1 N–H and O–H groups in total. The molecule has 6 nitrogen and oxygen atoms in total. The highest BCUT2D eigenvalue weighted by Crippen LogP contribution is 1.82. The van der Waals surface area contributed by atoms with Gasteiger partial charge in [-0.05, 0) is 0 Å². The third-order valence-electron chi connectivity index (χ3n) is 1.86. The molecule has 0 saturated heterocycles. The number of nitrogens with one attached hydrogen (secondary N) is 1. The molecule has 6 heteroatoms. The van der Waals surface area contributed by atoms with Gasteiger partial charge >= 0.3 is 5.97 Å². The summed E-state index contributed by atoms with van der Waals surface area (Å²) in [5, 5.41) is 2.52. The normalized spacial score (nSPS) is 9.94. The standard InChI is InChI=1S/C10H16N2O4/c1-8(13)12(2)7-6-11-9(14)4-5-10(15)16-3/h4-5H,6-7H2,1-3H3,(H,11,14)/b5-4-. The first-order chi connectivity index (χ1) is 7.47. The van der Waals surface area contributed by atoms with Crippen molar-refractivity contribution in [3.63, 3.8) is 0 Å². The average Bonchev–Trinajstić information content (AvgIpc) is 2.25. The number of hydrogen-bond donors (Lipinski definition) is 1. The molecule has 0 rings (SSSR count). The van der Waals surface area contributed by atoms with E-state index in [0.29, 0.717) is 13.1 Å². The lowest BCUT2D eigenvalue weighted by atomic mass is 10.4. The van der Waals surface area contributed by atoms with E-state index >= 15 is 0 Å². The summed E-state index contributed by atoms with van der Waals surface area (Å²) in [7, 11) is 2.87. The van der Waals surface area contributed by atoms with Crippen LogP contribution in [0.15, 0.2) is 12.2 Å². The van der Waals surface area contributed by atoms with Gasteiger partial charge < -0.3 is 15.0 Å². The molecular weight excluding hydrogens is 212 g/mol. The fourth-order valence-electron chi connectivity index (χ4n) is 0.775. The number of carbonyl (C=O) groups excluding carboxylic acids is 3. The number of ether oxygens (including phenoxy) is 1. The van der Waals surface area contributed by atoms with Crippen molar-refractivity contribution in [3.8, 4) is 0 Å². The molecule has 0 saturated carbocycles. The summed E-state index contributed by atoms with van der Waals surface area (Å²) in [4.78, 5) is 34.0. The van der Waals surface area contributed by atoms with Crippen molar-refractivity contribution in [1.29, 1.82) is 0 Å². The van der Waals surface area contributed by atoms with E-state index in [-0.39, 0.29) is 5.91 Å². The number of methoxy groups -OCH3 is 1. The predicted molar refractivity (Wildman–Crippen MR) is 57.5 cm³/mol. The van der Waals surface area contributed by atoms with E-state index in [2.05, 4.69) is 10.1 Å². The molecule has 16 heavy (non-hydrogen) atoms. The van der Waals surface area contributed by atoms with Crippen LogP contribution in [0, 0.1) is 0 Å². The average molecular weight is 228 g/mol. The first-order valence-corrected chi connectivity index (χ1v) is 4.73. The Morgan fingerprint density at radius 3 is 2.44 bits per heavy atom. The first kappa shape index (κ1) is 14.2. The molecule has 0 heterocycles. The van der Waals surface area contributed by atoms with Crippen LogP contribution in [0.4, 0.5) is 0 Å². The molecule has 0 radical (unpaired) electrons. The van der Waals surface area contributed by atoms with E-state index < -0.39 is 11.9 Å². The largest absolute Gasteiger partial charge is 0.466 e. The summed E-state index contributed by atoms with van der Waals surface area (Å²) >= 11 is 0. The maximum absolute atomic E-state index is 11.1. The quantitative estimate of drug-likeness (QED) is 0.499. The smallest absolute Gasteiger partial charge is 0.330 e. The number of hydrogen-bond acceptors (Lipinski definition) is 4. The highest BCUT2D eigenvalue weighted by molar-refractivity contribution is 5.94. The van der Waals surface area contributed by atoms with Crippen LogP contribution in [0.1, 0.15) is 6.92 Å². The SMILES string of the molecule is COC(=O)/C=C\C(=O)NCCN(C)C(C)=O. The molecule has 2 amide bonds. The number of rotatable bonds is 5. The lowest BCUT2D eigenvalue weighted by Gasteiger charge is -2.14. The van der Waals surface area contributed by atoms with Gasteiger partial charge in [0.1, 0.15) is 0 Å². The van der Waals surface area contributed by atoms with E-state index in [1.165, 1.54) is 18.9 Å². The molecule has 90 valence electrons. The number of esters is 1. The van der Waals surface area contributed by atoms with E-state index in [0.717, 1.165) is 12.2 Å². The zero-order chi connectivity index (χ0) is 12.6. The van der Waals surface area contributed by atoms with Crippen LogP contribution in [0.5, 0.6) is 0 Å². The van der Waals surface area contributed by atoms with Crippen molar-refractivity contribution >= 4 is 17.8 Å². The monoisotopic (exact) mass is 228 g/mol. The van der Waals surface area contributed by atoms with Crippen LogP contribution in [0.2, 0.25) is 0 Å². The van der Waals surface area contributed by atoms with Crippen LogP contribution >= 0.6 is 0 Å². The van der Waals surface area contributed by atoms with Crippen molar-refractivity contribution in [3.05, 3.63) is 12.2 Å². The maximum atomic E-state index is 11.1. The van der Waals surface area contributed by atoms with Gasteiger partial charge in [0.25, 0.3) is 0 Å². The minimum Gasteiger partial charge on any atom is -0.466 e. The molecule has 0 aromatic carbocycles. The molecule has 0 fully saturated rings. The van der Waals surface area contributed by atoms with E-state index in [9.17, 15) is 14.4 Å². The molecule has 0 atom stereocenters. The zero-order valence-corrected chi connectivity index (χ0v) is 9.65. The molecule has 0 aromatic rings. The summed E-state index contributed by atoms with van der Waals surface area (Å²) in [6, 6.07) is 0. The van der Waals surface area contributed by atoms with Crippen LogP contribution in [0.3, 0.4) is 0 Å². The highest BCUT2D eigenvalue weighted by atomic mass is 16.5. The summed E-state index contributed by atoms with van der Waals surface area (Å²) in [6.07, 6.45) is 2.11. The highest BCUT2D eigenvalue weighted by Gasteiger charge is 2.02. The lowest BCUT2D eigenvalue weighted by molar-refractivity contribution is -0.135. The van der Waals surface area contributed by atoms with Crippen LogP contribution in [-0.4, -0.2) is 49.9 Å². The van der Waals surface area contributed by atoms with Gasteiger partial charge in [-0.1, -0.05) is 0 Å². The second-order valence-electron chi connectivity index (χ2n) is 3.09. The van der Waals surface area contributed by atoms with E-state index in [4.69, 9.17) is 0 Å². The Kier molecular flexibility index (Phi) is 6.58. The Morgan fingerprint density at radius 1 is 1.31 bits per heavy atom. The Bertz CT molecular complexity index is 299. The molecule has 0 aliphatic heterocycles. The van der Waals surface area contributed by atoms with Gasteiger partial charge in [-0.3, -0.25) is 9.59 Å². The van der Waals surface area contributed by atoms with Gasteiger partial charge in [0.15, 0.2) is 0 Å². The summed E-state index contributed by atoms with van der Waals surface area (Å²) in [5.74, 6) is -1.06. The molecule has 0 aliphatic rings. The third-order valence-corrected chi connectivity index (χ3v) is 1.86. The predicted octanol–water partition coefficient (Wildman–Crippen LogP) is -0.690. The van der Waals surface area contributed by atoms with Gasteiger partial charge in [0, 0.05) is 39.2 Å². The number of likely N-dealkylation sites (N-methyl/N-ethyl adjacent to an activating group) is 1. The Hall–Kier alpha value is -1.85. The van der Waals surface area contributed by atoms with Gasteiger partial charge in [-0.2, -0.15) is 0 Å². The lowest BCUT2D eigenvalue weighted by Crippen LogP contribution is -2.34. The molecule has 0 unspecified atom stereocenters. The van der Waals surface area contributed by atoms with Crippen molar-refractivity contribution < 1.29 is 19.1 Å². The number of carbonyl (C=O) groups is 3. The van der Waals surface area contributed by atoms with Crippen LogP contribution < -0.4 is 5.32 Å². The first-order valence-electron chi connectivity index (χ1n) is 4.73. The van der Waals surface area contributed by atoms with Crippen LogP contribution in [0.25, 0.3) is 0 Å². The summed E-state index contributed by atoms with van der Waals surface area (Å²) in [6.45, 7) is 2.20. The van der Waals surface area contributed by atoms with E-state index in [1.807, 2.05) is 0 Å². The number of amides is 2. The maximum Gasteiger partial charge on any atom is 0.330 e. The third kappa shape index (κ3) is 6.58. The van der Waals surface area contributed by atoms with Gasteiger partial charge in [-0.25, -0.2) is 4.79 Å². The van der Waals surface area contributed by atoms with Crippen molar-refractivity contribution in [1.82, 2.24) is 10.2 Å². The fourth-order valence-corrected chi connectivity index (χ4v) is 0.775. The summed E-state index contributed by atoms with van der Waals surface area (Å²) < 4.78 is 4.32. The van der Waals surface area contributed by atoms with Crippen molar-refractivity contribution in [2.45, 2.75) is 6.92 Å². The second-order valence-corrected chi connectivity index (χ2v) is 3.09. The Morgan fingerprint density at radius 2 is 1.94 bits per heavy atom. The minimum absolute atomic E-state index is 0.0700. The molecule has 0 spiro atoms. The minimum atomic E-state index is -0.587. The Balaban J connectivity index is 3.78. The van der Waals surface area contributed by atoms with Crippen molar-refractivity contribution in [2.24, 2.45) is 0 Å². The van der Waals surface area contributed by atoms with Crippen molar-refractivity contribution in [2.75, 3.05) is 27.2 Å². The Labute approximate surface area is 94.2 Å². The topological polar surface area (TPSA) is 75.7 Å². The second kappa shape index (κ2) is 7.44. The van der Waals surface area contributed by atoms with Gasteiger partial charge in [0.05, 0.1) is 7.11 Å². The molecule has 0 aromatic heterocycles. The summed E-state index contributed by atoms with van der Waals surface area (Å²) in [5.41, 5.74) is 0. The van der Waals surface area contributed by atoms with E-state index in [1.54, 1.807) is 7.05 Å². The molecule has 0 bridgehead atoms. The van der Waals surface area contributed by atoms with Gasteiger partial charge in [-0.15, -0.1) is 0 Å². The number of nitrogens with zero attached hydrogens (tertiary/aromatic N) is 1. The zero-order valence-electron chi connectivity index (χ0n) is 9.65. The van der Waals surface area contributed by atoms with Gasteiger partial charge in [0.2, 0.25) is 11.8 Å². The van der Waals surface area contributed by atoms with Crippen LogP contribution in [-0.2, 0) is 19.1 Å². The fraction of sp³-hybridized carbons (Fsp3) is 0.500.